The van der Waals surface area contributed by atoms with Crippen molar-refractivity contribution >= 4 is 23.2 Å². The summed E-state index contributed by atoms with van der Waals surface area (Å²) in [7, 11) is 0. The molecular weight excluding hydrogens is 247 g/mol. The summed E-state index contributed by atoms with van der Waals surface area (Å²) in [6, 6.07) is 1.73. The molecule has 0 bridgehead atoms. The molecule has 0 unspecified atom stereocenters. The van der Waals surface area contributed by atoms with E-state index in [-0.39, 0.29) is 28.4 Å². The SMILES string of the molecule is O=C(Nc1cc(F)cc(Cl)c1O)[C@@H]1CCCN1. The second kappa shape index (κ2) is 4.89. The monoisotopic (exact) mass is 258 g/mol. The van der Waals surface area contributed by atoms with Crippen molar-refractivity contribution in [1.29, 1.82) is 0 Å². The Kier molecular flexibility index (Phi) is 3.49. The molecule has 2 rings (SSSR count). The van der Waals surface area contributed by atoms with E-state index in [2.05, 4.69) is 10.6 Å². The highest BCUT2D eigenvalue weighted by molar-refractivity contribution is 6.32. The van der Waals surface area contributed by atoms with Gasteiger partial charge in [-0.1, -0.05) is 11.6 Å². The molecule has 92 valence electrons. The first-order chi connectivity index (χ1) is 8.08. The number of carbonyl (C=O) groups is 1. The van der Waals surface area contributed by atoms with Gasteiger partial charge in [-0.05, 0) is 25.5 Å². The highest BCUT2D eigenvalue weighted by atomic mass is 35.5. The van der Waals surface area contributed by atoms with E-state index in [9.17, 15) is 14.3 Å². The number of hydrogen-bond donors (Lipinski definition) is 3. The first-order valence-electron chi connectivity index (χ1n) is 5.30. The van der Waals surface area contributed by atoms with Crippen LogP contribution in [-0.2, 0) is 4.79 Å². The van der Waals surface area contributed by atoms with Gasteiger partial charge in [-0.15, -0.1) is 0 Å². The van der Waals surface area contributed by atoms with E-state index in [1.807, 2.05) is 0 Å². The summed E-state index contributed by atoms with van der Waals surface area (Å²) >= 11 is 5.61. The molecule has 1 heterocycles. The van der Waals surface area contributed by atoms with Crippen LogP contribution in [0.3, 0.4) is 0 Å². The maximum atomic E-state index is 13.1. The van der Waals surface area contributed by atoms with Crippen molar-refractivity contribution in [2.45, 2.75) is 18.9 Å². The smallest absolute Gasteiger partial charge is 0.241 e. The Morgan fingerprint density at radius 3 is 3.00 bits per heavy atom. The van der Waals surface area contributed by atoms with Crippen molar-refractivity contribution in [3.63, 3.8) is 0 Å². The number of rotatable bonds is 2. The van der Waals surface area contributed by atoms with E-state index in [1.165, 1.54) is 0 Å². The number of aromatic hydroxyl groups is 1. The molecule has 1 aliphatic heterocycles. The number of benzene rings is 1. The molecule has 0 radical (unpaired) electrons. The maximum Gasteiger partial charge on any atom is 0.241 e. The quantitative estimate of drug-likeness (QED) is 0.710. The molecule has 0 spiro atoms. The fraction of sp³-hybridized carbons (Fsp3) is 0.364. The summed E-state index contributed by atoms with van der Waals surface area (Å²) < 4.78 is 13.1. The molecule has 6 heteroatoms. The summed E-state index contributed by atoms with van der Waals surface area (Å²) in [6.07, 6.45) is 1.66. The van der Waals surface area contributed by atoms with Gasteiger partial charge in [0.25, 0.3) is 0 Å². The fourth-order valence-electron chi connectivity index (χ4n) is 1.79. The van der Waals surface area contributed by atoms with Crippen LogP contribution in [0.15, 0.2) is 12.1 Å². The molecule has 3 N–H and O–H groups in total. The number of amides is 1. The molecule has 17 heavy (non-hydrogen) atoms. The molecular formula is C11H12ClFN2O2. The van der Waals surface area contributed by atoms with Crippen molar-refractivity contribution in [2.75, 3.05) is 11.9 Å². The van der Waals surface area contributed by atoms with Crippen LogP contribution in [0.1, 0.15) is 12.8 Å². The Hall–Kier alpha value is -1.33. The Morgan fingerprint density at radius 1 is 1.59 bits per heavy atom. The highest BCUT2D eigenvalue weighted by Gasteiger charge is 2.23. The van der Waals surface area contributed by atoms with Gasteiger partial charge in [0.15, 0.2) is 5.75 Å². The zero-order valence-corrected chi connectivity index (χ0v) is 9.72. The van der Waals surface area contributed by atoms with Crippen molar-refractivity contribution in [2.24, 2.45) is 0 Å². The second-order valence-electron chi connectivity index (χ2n) is 3.92. The van der Waals surface area contributed by atoms with Gasteiger partial charge >= 0.3 is 0 Å². The predicted octanol–water partition coefficient (Wildman–Crippen LogP) is 1.88. The van der Waals surface area contributed by atoms with Gasteiger partial charge in [-0.25, -0.2) is 4.39 Å². The van der Waals surface area contributed by atoms with Crippen molar-refractivity contribution in [1.82, 2.24) is 5.32 Å². The van der Waals surface area contributed by atoms with Gasteiger partial charge in [-0.3, -0.25) is 4.79 Å². The van der Waals surface area contributed by atoms with Crippen molar-refractivity contribution < 1.29 is 14.3 Å². The Labute approximate surface area is 103 Å². The summed E-state index contributed by atoms with van der Waals surface area (Å²) in [4.78, 5) is 11.7. The minimum Gasteiger partial charge on any atom is -0.504 e. The zero-order valence-electron chi connectivity index (χ0n) is 8.96. The average Bonchev–Trinajstić information content (AvgIpc) is 2.78. The number of anilines is 1. The molecule has 0 saturated carbocycles. The molecule has 4 nitrogen and oxygen atoms in total. The fourth-order valence-corrected chi connectivity index (χ4v) is 2.00. The molecule has 1 fully saturated rings. The normalized spacial score (nSPS) is 19.3. The van der Waals surface area contributed by atoms with Gasteiger partial charge in [0, 0.05) is 6.07 Å². The zero-order chi connectivity index (χ0) is 12.4. The minimum absolute atomic E-state index is 0.00583. The van der Waals surface area contributed by atoms with Gasteiger partial charge in [0.05, 0.1) is 16.8 Å². The van der Waals surface area contributed by atoms with Crippen LogP contribution in [0.5, 0.6) is 5.75 Å². The minimum atomic E-state index is -0.609. The van der Waals surface area contributed by atoms with Crippen LogP contribution in [0.2, 0.25) is 5.02 Å². The summed E-state index contributed by atoms with van der Waals surface area (Å²) in [5, 5.41) is 14.9. The van der Waals surface area contributed by atoms with Crippen LogP contribution in [0, 0.1) is 5.82 Å². The van der Waals surface area contributed by atoms with E-state index in [1.54, 1.807) is 0 Å². The number of halogens is 2. The molecule has 1 amide bonds. The Bertz CT molecular complexity index is 447. The first kappa shape index (κ1) is 12.1. The third-order valence-corrected chi connectivity index (χ3v) is 2.95. The van der Waals surface area contributed by atoms with E-state index in [4.69, 9.17) is 11.6 Å². The molecule has 1 aliphatic rings. The average molecular weight is 259 g/mol. The molecule has 1 saturated heterocycles. The highest BCUT2D eigenvalue weighted by Crippen LogP contribution is 2.32. The standard InChI is InChI=1S/C11H12ClFN2O2/c12-7-4-6(13)5-9(10(7)16)15-11(17)8-2-1-3-14-8/h4-5,8,14,16H,1-3H2,(H,15,17)/t8-/m0/s1. The third kappa shape index (κ3) is 2.68. The van der Waals surface area contributed by atoms with Crippen molar-refractivity contribution in [3.8, 4) is 5.75 Å². The lowest BCUT2D eigenvalue weighted by Crippen LogP contribution is -2.35. The van der Waals surface area contributed by atoms with Gasteiger partial charge < -0.3 is 15.7 Å². The number of phenolic OH excluding ortho intramolecular Hbond substituents is 1. The molecule has 0 aliphatic carbocycles. The largest absolute Gasteiger partial charge is 0.504 e. The summed E-state index contributed by atoms with van der Waals surface area (Å²) in [5.74, 6) is -1.22. The third-order valence-electron chi connectivity index (χ3n) is 2.66. The van der Waals surface area contributed by atoms with E-state index in [0.29, 0.717) is 0 Å². The number of phenols is 1. The summed E-state index contributed by atoms with van der Waals surface area (Å²) in [5.41, 5.74) is -0.00583. The lowest BCUT2D eigenvalue weighted by Gasteiger charge is -2.12. The van der Waals surface area contributed by atoms with Crippen LogP contribution >= 0.6 is 11.6 Å². The van der Waals surface area contributed by atoms with Crippen LogP contribution < -0.4 is 10.6 Å². The predicted molar refractivity (Wildman–Crippen MR) is 62.7 cm³/mol. The number of carbonyl (C=O) groups excluding carboxylic acids is 1. The lowest BCUT2D eigenvalue weighted by atomic mass is 10.2. The Balaban J connectivity index is 2.15. The number of hydrogen-bond acceptors (Lipinski definition) is 3. The van der Waals surface area contributed by atoms with E-state index in [0.717, 1.165) is 31.5 Å². The molecule has 1 aromatic carbocycles. The topological polar surface area (TPSA) is 61.4 Å². The lowest BCUT2D eigenvalue weighted by molar-refractivity contribution is -0.117. The second-order valence-corrected chi connectivity index (χ2v) is 4.33. The molecule has 1 aromatic rings. The Morgan fingerprint density at radius 2 is 2.35 bits per heavy atom. The maximum absolute atomic E-state index is 13.1. The van der Waals surface area contributed by atoms with E-state index < -0.39 is 5.82 Å². The van der Waals surface area contributed by atoms with Crippen LogP contribution in [0.4, 0.5) is 10.1 Å². The molecule has 1 atom stereocenters. The summed E-state index contributed by atoms with van der Waals surface area (Å²) in [6.45, 7) is 0.786. The molecule has 0 aromatic heterocycles. The van der Waals surface area contributed by atoms with Gasteiger partial charge in [0.2, 0.25) is 5.91 Å². The van der Waals surface area contributed by atoms with Crippen molar-refractivity contribution in [3.05, 3.63) is 23.0 Å². The first-order valence-corrected chi connectivity index (χ1v) is 5.68. The van der Waals surface area contributed by atoms with Gasteiger partial charge in [-0.2, -0.15) is 0 Å². The van der Waals surface area contributed by atoms with E-state index >= 15 is 0 Å². The van der Waals surface area contributed by atoms with Crippen LogP contribution in [-0.4, -0.2) is 23.6 Å². The van der Waals surface area contributed by atoms with Gasteiger partial charge in [0.1, 0.15) is 5.82 Å². The van der Waals surface area contributed by atoms with Crippen LogP contribution in [0.25, 0.3) is 0 Å². The number of nitrogens with one attached hydrogen (secondary N) is 2.